The number of piperidine rings is 1. The number of nitrogens with zero attached hydrogens (tertiary/aromatic N) is 2. The molecular formula is C31H39ClF2N4O3S. The molecule has 0 aromatic heterocycles. The molecule has 1 heterocycles. The van der Waals surface area contributed by atoms with Gasteiger partial charge >= 0.3 is 6.03 Å². The second-order valence-electron chi connectivity index (χ2n) is 10.7. The number of hydrogen-bond acceptors (Lipinski definition) is 4. The molecule has 11 heteroatoms. The highest BCUT2D eigenvalue weighted by atomic mass is 35.5. The molecule has 2 amide bonds. The lowest BCUT2D eigenvalue weighted by Crippen LogP contribution is -2.49. The average molecular weight is 621 g/mol. The number of carbonyl (C=O) groups is 1. The van der Waals surface area contributed by atoms with Crippen LogP contribution >= 0.6 is 12.4 Å². The zero-order chi connectivity index (χ0) is 29.4. The molecule has 1 aliphatic heterocycles. The summed E-state index contributed by atoms with van der Waals surface area (Å²) in [7, 11) is -3.29. The summed E-state index contributed by atoms with van der Waals surface area (Å²) in [5.74, 6) is -1.46. The first-order chi connectivity index (χ1) is 19.6. The number of benzene rings is 3. The summed E-state index contributed by atoms with van der Waals surface area (Å²) in [6.45, 7) is 5.18. The number of likely N-dealkylation sites (tertiary alicyclic amines) is 1. The molecule has 1 aliphatic rings. The van der Waals surface area contributed by atoms with E-state index in [4.69, 9.17) is 0 Å². The van der Waals surface area contributed by atoms with Crippen LogP contribution in [0.15, 0.2) is 66.7 Å². The van der Waals surface area contributed by atoms with Crippen LogP contribution in [0.2, 0.25) is 0 Å². The third kappa shape index (κ3) is 9.96. The van der Waals surface area contributed by atoms with Crippen LogP contribution in [-0.4, -0.2) is 56.2 Å². The first kappa shape index (κ1) is 33.3. The van der Waals surface area contributed by atoms with Gasteiger partial charge in [-0.15, -0.1) is 12.4 Å². The van der Waals surface area contributed by atoms with E-state index in [2.05, 4.69) is 46.1 Å². The van der Waals surface area contributed by atoms with E-state index in [-0.39, 0.29) is 30.2 Å². The summed E-state index contributed by atoms with van der Waals surface area (Å²) in [5, 5.41) is 2.63. The monoisotopic (exact) mass is 620 g/mol. The Labute approximate surface area is 253 Å². The van der Waals surface area contributed by atoms with Crippen LogP contribution in [0.25, 0.3) is 0 Å². The number of unbranched alkanes of at least 4 members (excludes halogenated alkanes) is 1. The quantitative estimate of drug-likeness (QED) is 0.252. The van der Waals surface area contributed by atoms with Crippen molar-refractivity contribution in [3.05, 3.63) is 95.1 Å². The van der Waals surface area contributed by atoms with Gasteiger partial charge in [0, 0.05) is 44.0 Å². The van der Waals surface area contributed by atoms with Gasteiger partial charge in [0.2, 0.25) is 10.0 Å². The molecule has 0 saturated carbocycles. The predicted molar refractivity (Wildman–Crippen MR) is 167 cm³/mol. The third-order valence-corrected chi connectivity index (χ3v) is 7.89. The molecule has 0 bridgehead atoms. The van der Waals surface area contributed by atoms with Crippen LogP contribution in [0.3, 0.4) is 0 Å². The molecule has 228 valence electrons. The number of amides is 2. The van der Waals surface area contributed by atoms with Crippen molar-refractivity contribution in [2.75, 3.05) is 35.9 Å². The van der Waals surface area contributed by atoms with Crippen molar-refractivity contribution in [1.29, 1.82) is 0 Å². The molecule has 42 heavy (non-hydrogen) atoms. The lowest BCUT2D eigenvalue weighted by Gasteiger charge is -2.38. The van der Waals surface area contributed by atoms with E-state index in [1.165, 1.54) is 17.2 Å². The van der Waals surface area contributed by atoms with Gasteiger partial charge in [0.1, 0.15) is 11.6 Å². The van der Waals surface area contributed by atoms with Gasteiger partial charge in [0.15, 0.2) is 0 Å². The second-order valence-corrected chi connectivity index (χ2v) is 12.4. The molecule has 0 aliphatic carbocycles. The topological polar surface area (TPSA) is 81.8 Å². The van der Waals surface area contributed by atoms with Gasteiger partial charge in [-0.05, 0) is 66.6 Å². The molecular weight excluding hydrogens is 582 g/mol. The molecule has 4 rings (SSSR count). The largest absolute Gasteiger partial charge is 0.322 e. The van der Waals surface area contributed by atoms with Crippen LogP contribution in [-0.2, 0) is 23.0 Å². The lowest BCUT2D eigenvalue weighted by atomic mass is 10.0. The molecule has 0 spiro atoms. The summed E-state index contributed by atoms with van der Waals surface area (Å²) in [6.07, 6.45) is 5.33. The Morgan fingerprint density at radius 1 is 0.952 bits per heavy atom. The van der Waals surface area contributed by atoms with E-state index in [1.807, 2.05) is 17.0 Å². The Morgan fingerprint density at radius 2 is 1.55 bits per heavy atom. The van der Waals surface area contributed by atoms with Gasteiger partial charge in [-0.2, -0.15) is 0 Å². The predicted octanol–water partition coefficient (Wildman–Crippen LogP) is 6.65. The van der Waals surface area contributed by atoms with E-state index >= 15 is 0 Å². The number of anilines is 2. The maximum atomic E-state index is 14.1. The normalized spacial score (nSPS) is 14.2. The minimum atomic E-state index is -3.29. The first-order valence-corrected chi connectivity index (χ1v) is 15.9. The molecule has 0 atom stereocenters. The third-order valence-electron chi connectivity index (χ3n) is 7.28. The van der Waals surface area contributed by atoms with Gasteiger partial charge in [-0.3, -0.25) is 9.62 Å². The lowest BCUT2D eigenvalue weighted by molar-refractivity contribution is 0.122. The smallest absolute Gasteiger partial charge is 0.321 e. The Hall–Kier alpha value is -3.21. The Morgan fingerprint density at radius 3 is 2.12 bits per heavy atom. The standard InChI is InChI=1S/C31H38F2N4O3S.ClH/c1-3-4-17-37(31(38)34-30-14-11-26(32)21-29(30)33)28-15-18-36(19-16-28)22-25-7-5-23(6-8-25)20-24-9-12-27(13-10-24)35-41(2,39)40;/h5-14,21,28,35H,3-4,15-20,22H2,1-2H3,(H,34,38);1H. The zero-order valence-corrected chi connectivity index (χ0v) is 25.6. The fourth-order valence-electron chi connectivity index (χ4n) is 5.11. The fourth-order valence-corrected chi connectivity index (χ4v) is 5.67. The summed E-state index contributed by atoms with van der Waals surface area (Å²) in [4.78, 5) is 17.3. The van der Waals surface area contributed by atoms with Crippen molar-refractivity contribution in [2.45, 2.75) is 51.6 Å². The van der Waals surface area contributed by atoms with Crippen LogP contribution in [0, 0.1) is 11.6 Å². The van der Waals surface area contributed by atoms with Crippen molar-refractivity contribution in [3.63, 3.8) is 0 Å². The minimum absolute atomic E-state index is 0. The van der Waals surface area contributed by atoms with Crippen LogP contribution < -0.4 is 10.0 Å². The number of hydrogen-bond donors (Lipinski definition) is 2. The van der Waals surface area contributed by atoms with E-state index in [1.54, 1.807) is 12.1 Å². The maximum absolute atomic E-state index is 14.1. The first-order valence-electron chi connectivity index (χ1n) is 14.0. The molecule has 0 radical (unpaired) electrons. The number of nitrogens with one attached hydrogen (secondary N) is 2. The van der Waals surface area contributed by atoms with E-state index in [0.717, 1.165) is 75.7 Å². The Bertz CT molecular complexity index is 1420. The van der Waals surface area contributed by atoms with Gasteiger partial charge in [-0.25, -0.2) is 22.0 Å². The van der Waals surface area contributed by atoms with Crippen molar-refractivity contribution in [2.24, 2.45) is 0 Å². The maximum Gasteiger partial charge on any atom is 0.322 e. The molecule has 3 aromatic rings. The molecule has 1 saturated heterocycles. The van der Waals surface area contributed by atoms with Gasteiger partial charge in [0.25, 0.3) is 0 Å². The highest BCUT2D eigenvalue weighted by molar-refractivity contribution is 7.92. The highest BCUT2D eigenvalue weighted by Crippen LogP contribution is 2.22. The van der Waals surface area contributed by atoms with Gasteiger partial charge in [0.05, 0.1) is 11.9 Å². The zero-order valence-electron chi connectivity index (χ0n) is 24.0. The Balaban J connectivity index is 0.00000484. The van der Waals surface area contributed by atoms with Crippen molar-refractivity contribution < 1.29 is 22.0 Å². The Kier molecular flexibility index (Phi) is 12.1. The molecule has 2 N–H and O–H groups in total. The van der Waals surface area contributed by atoms with E-state index in [0.29, 0.717) is 12.2 Å². The summed E-state index contributed by atoms with van der Waals surface area (Å²) >= 11 is 0. The number of rotatable bonds is 11. The van der Waals surface area contributed by atoms with Crippen molar-refractivity contribution in [1.82, 2.24) is 9.80 Å². The summed E-state index contributed by atoms with van der Waals surface area (Å²) in [6, 6.07) is 18.8. The van der Waals surface area contributed by atoms with E-state index in [9.17, 15) is 22.0 Å². The SMILES string of the molecule is CCCCN(C(=O)Nc1ccc(F)cc1F)C1CCN(Cc2ccc(Cc3ccc(NS(C)(=O)=O)cc3)cc2)CC1.Cl. The van der Waals surface area contributed by atoms with Crippen molar-refractivity contribution in [3.8, 4) is 0 Å². The summed E-state index contributed by atoms with van der Waals surface area (Å²) < 4.78 is 52.6. The second kappa shape index (κ2) is 15.3. The number of urea groups is 1. The number of sulfonamides is 1. The molecule has 7 nitrogen and oxygen atoms in total. The van der Waals surface area contributed by atoms with Crippen LogP contribution in [0.5, 0.6) is 0 Å². The molecule has 1 fully saturated rings. The molecule has 3 aromatic carbocycles. The van der Waals surface area contributed by atoms with Crippen molar-refractivity contribution >= 4 is 39.8 Å². The fraction of sp³-hybridized carbons (Fsp3) is 0.387. The highest BCUT2D eigenvalue weighted by Gasteiger charge is 2.28. The molecule has 0 unspecified atom stereocenters. The average Bonchev–Trinajstić information content (AvgIpc) is 2.93. The van der Waals surface area contributed by atoms with Gasteiger partial charge < -0.3 is 10.2 Å². The van der Waals surface area contributed by atoms with E-state index < -0.39 is 21.7 Å². The number of carbonyl (C=O) groups excluding carboxylic acids is 1. The minimum Gasteiger partial charge on any atom is -0.321 e. The van der Waals surface area contributed by atoms with Gasteiger partial charge in [-0.1, -0.05) is 49.7 Å². The van der Waals surface area contributed by atoms with Crippen LogP contribution in [0.1, 0.15) is 49.3 Å². The number of halogens is 3. The van der Waals surface area contributed by atoms with Crippen LogP contribution in [0.4, 0.5) is 25.0 Å². The summed E-state index contributed by atoms with van der Waals surface area (Å²) in [5.41, 5.74) is 4.02.